The highest BCUT2D eigenvalue weighted by Crippen LogP contribution is 2.31. The van der Waals surface area contributed by atoms with E-state index >= 15 is 0 Å². The molecule has 3 nitrogen and oxygen atoms in total. The second kappa shape index (κ2) is 4.79. The van der Waals surface area contributed by atoms with Gasteiger partial charge < -0.3 is 5.32 Å². The molecule has 1 fully saturated rings. The zero-order valence-electron chi connectivity index (χ0n) is 8.75. The second-order valence-electron chi connectivity index (χ2n) is 4.19. The van der Waals surface area contributed by atoms with E-state index in [-0.39, 0.29) is 5.54 Å². The monoisotopic (exact) mass is 225 g/mol. The maximum absolute atomic E-state index is 6.08. The first-order chi connectivity index (χ1) is 7.35. The summed E-state index contributed by atoms with van der Waals surface area (Å²) in [6.45, 7) is 0. The standard InChI is InChI=1S/C11H16ClN3/c12-8-11(5-2-1-3-6-11)15-10-4-7-13-9-14-10/h4,7,9H,1-3,5-6,8H2,(H,13,14,15). The van der Waals surface area contributed by atoms with Crippen LogP contribution in [0.4, 0.5) is 5.82 Å². The summed E-state index contributed by atoms with van der Waals surface area (Å²) in [6.07, 6.45) is 9.42. The van der Waals surface area contributed by atoms with E-state index in [2.05, 4.69) is 15.3 Å². The van der Waals surface area contributed by atoms with E-state index in [1.165, 1.54) is 19.3 Å². The van der Waals surface area contributed by atoms with Crippen LogP contribution in [-0.2, 0) is 0 Å². The van der Waals surface area contributed by atoms with Crippen LogP contribution in [-0.4, -0.2) is 21.4 Å². The Labute approximate surface area is 95.3 Å². The Hall–Kier alpha value is -0.830. The summed E-state index contributed by atoms with van der Waals surface area (Å²) in [5, 5.41) is 3.46. The van der Waals surface area contributed by atoms with Crippen LogP contribution < -0.4 is 5.32 Å². The minimum Gasteiger partial charge on any atom is -0.363 e. The molecule has 1 heterocycles. The van der Waals surface area contributed by atoms with Crippen LogP contribution in [0.3, 0.4) is 0 Å². The van der Waals surface area contributed by atoms with E-state index in [0.717, 1.165) is 18.7 Å². The van der Waals surface area contributed by atoms with Gasteiger partial charge in [-0.15, -0.1) is 11.6 Å². The van der Waals surface area contributed by atoms with E-state index in [1.807, 2.05) is 6.07 Å². The maximum Gasteiger partial charge on any atom is 0.129 e. The Balaban J connectivity index is 2.07. The van der Waals surface area contributed by atoms with Crippen molar-refractivity contribution in [3.8, 4) is 0 Å². The van der Waals surface area contributed by atoms with Crippen LogP contribution in [0.25, 0.3) is 0 Å². The van der Waals surface area contributed by atoms with Gasteiger partial charge in [0.1, 0.15) is 12.1 Å². The molecule has 0 atom stereocenters. The topological polar surface area (TPSA) is 37.8 Å². The summed E-state index contributed by atoms with van der Waals surface area (Å²) in [4.78, 5) is 8.09. The summed E-state index contributed by atoms with van der Waals surface area (Å²) in [6, 6.07) is 1.89. The lowest BCUT2D eigenvalue weighted by molar-refractivity contribution is 0.352. The highest BCUT2D eigenvalue weighted by atomic mass is 35.5. The van der Waals surface area contributed by atoms with Crippen LogP contribution in [0.2, 0.25) is 0 Å². The third kappa shape index (κ3) is 2.59. The van der Waals surface area contributed by atoms with Gasteiger partial charge in [-0.25, -0.2) is 9.97 Å². The van der Waals surface area contributed by atoms with Gasteiger partial charge in [-0.3, -0.25) is 0 Å². The summed E-state index contributed by atoms with van der Waals surface area (Å²) in [5.74, 6) is 1.53. The van der Waals surface area contributed by atoms with Gasteiger partial charge in [-0.05, 0) is 18.9 Å². The molecule has 0 saturated heterocycles. The van der Waals surface area contributed by atoms with Crippen molar-refractivity contribution in [2.45, 2.75) is 37.6 Å². The van der Waals surface area contributed by atoms with E-state index in [1.54, 1.807) is 12.5 Å². The summed E-state index contributed by atoms with van der Waals surface area (Å²) >= 11 is 6.08. The number of nitrogens with zero attached hydrogens (tertiary/aromatic N) is 2. The average Bonchev–Trinajstić information content (AvgIpc) is 2.32. The van der Waals surface area contributed by atoms with Gasteiger partial charge in [-0.1, -0.05) is 19.3 Å². The van der Waals surface area contributed by atoms with Crippen molar-refractivity contribution in [3.63, 3.8) is 0 Å². The molecule has 0 aromatic carbocycles. The molecule has 4 heteroatoms. The SMILES string of the molecule is ClCC1(Nc2ccncn2)CCCCC1. The van der Waals surface area contributed by atoms with Crippen molar-refractivity contribution in [2.75, 3.05) is 11.2 Å². The molecule has 1 aromatic heterocycles. The molecule has 15 heavy (non-hydrogen) atoms. The molecule has 0 radical (unpaired) electrons. The summed E-state index contributed by atoms with van der Waals surface area (Å²) in [7, 11) is 0. The van der Waals surface area contributed by atoms with Crippen molar-refractivity contribution in [2.24, 2.45) is 0 Å². The summed E-state index contributed by atoms with van der Waals surface area (Å²) < 4.78 is 0. The quantitative estimate of drug-likeness (QED) is 0.804. The normalized spacial score (nSPS) is 19.8. The maximum atomic E-state index is 6.08. The minimum absolute atomic E-state index is 0.0498. The summed E-state index contributed by atoms with van der Waals surface area (Å²) in [5.41, 5.74) is 0.0498. The van der Waals surface area contributed by atoms with Gasteiger partial charge in [-0.2, -0.15) is 0 Å². The van der Waals surface area contributed by atoms with E-state index < -0.39 is 0 Å². The highest BCUT2D eigenvalue weighted by molar-refractivity contribution is 6.18. The van der Waals surface area contributed by atoms with Crippen LogP contribution >= 0.6 is 11.6 Å². The molecule has 1 N–H and O–H groups in total. The van der Waals surface area contributed by atoms with Gasteiger partial charge in [0.15, 0.2) is 0 Å². The number of hydrogen-bond acceptors (Lipinski definition) is 3. The predicted octanol–water partition coefficient (Wildman–Crippen LogP) is 2.83. The molecule has 0 aliphatic heterocycles. The number of rotatable bonds is 3. The Bertz CT molecular complexity index is 296. The Morgan fingerprint density at radius 1 is 1.33 bits per heavy atom. The fourth-order valence-electron chi connectivity index (χ4n) is 2.16. The molecule has 1 aliphatic rings. The number of nitrogens with one attached hydrogen (secondary N) is 1. The second-order valence-corrected chi connectivity index (χ2v) is 4.46. The van der Waals surface area contributed by atoms with Crippen molar-refractivity contribution in [1.29, 1.82) is 0 Å². The molecular formula is C11H16ClN3. The lowest BCUT2D eigenvalue weighted by Crippen LogP contribution is -2.42. The number of hydrogen-bond donors (Lipinski definition) is 1. The number of halogens is 1. The number of alkyl halides is 1. The molecule has 1 aromatic rings. The van der Waals surface area contributed by atoms with Gasteiger partial charge in [0.05, 0.1) is 5.54 Å². The van der Waals surface area contributed by atoms with Crippen LogP contribution in [0, 0.1) is 0 Å². The average molecular weight is 226 g/mol. The molecule has 1 saturated carbocycles. The molecule has 0 spiro atoms. The molecule has 0 amide bonds. The van der Waals surface area contributed by atoms with Gasteiger partial charge in [0, 0.05) is 12.1 Å². The first kappa shape index (κ1) is 10.7. The van der Waals surface area contributed by atoms with E-state index in [9.17, 15) is 0 Å². The Morgan fingerprint density at radius 3 is 2.73 bits per heavy atom. The van der Waals surface area contributed by atoms with Crippen molar-refractivity contribution < 1.29 is 0 Å². The van der Waals surface area contributed by atoms with Crippen LogP contribution in [0.5, 0.6) is 0 Å². The molecular weight excluding hydrogens is 210 g/mol. The fourth-order valence-corrected chi connectivity index (χ4v) is 2.49. The first-order valence-electron chi connectivity index (χ1n) is 5.45. The zero-order chi connectivity index (χ0) is 10.6. The van der Waals surface area contributed by atoms with Crippen LogP contribution in [0.15, 0.2) is 18.6 Å². The third-order valence-electron chi connectivity index (χ3n) is 3.04. The Morgan fingerprint density at radius 2 is 2.13 bits per heavy atom. The van der Waals surface area contributed by atoms with E-state index in [0.29, 0.717) is 5.88 Å². The van der Waals surface area contributed by atoms with Gasteiger partial charge in [0.2, 0.25) is 0 Å². The van der Waals surface area contributed by atoms with Crippen molar-refractivity contribution in [1.82, 2.24) is 9.97 Å². The third-order valence-corrected chi connectivity index (χ3v) is 3.55. The minimum atomic E-state index is 0.0498. The van der Waals surface area contributed by atoms with Gasteiger partial charge >= 0.3 is 0 Å². The smallest absolute Gasteiger partial charge is 0.129 e. The number of aromatic nitrogens is 2. The van der Waals surface area contributed by atoms with Crippen LogP contribution in [0.1, 0.15) is 32.1 Å². The molecule has 82 valence electrons. The predicted molar refractivity (Wildman–Crippen MR) is 62.2 cm³/mol. The van der Waals surface area contributed by atoms with Crippen molar-refractivity contribution in [3.05, 3.63) is 18.6 Å². The lowest BCUT2D eigenvalue weighted by Gasteiger charge is -2.36. The Kier molecular flexibility index (Phi) is 3.41. The number of anilines is 1. The largest absolute Gasteiger partial charge is 0.363 e. The lowest BCUT2D eigenvalue weighted by atomic mass is 9.83. The van der Waals surface area contributed by atoms with Gasteiger partial charge in [0.25, 0.3) is 0 Å². The highest BCUT2D eigenvalue weighted by Gasteiger charge is 2.31. The molecule has 2 rings (SSSR count). The van der Waals surface area contributed by atoms with Crippen molar-refractivity contribution >= 4 is 17.4 Å². The molecule has 0 unspecified atom stereocenters. The zero-order valence-corrected chi connectivity index (χ0v) is 9.50. The molecule has 1 aliphatic carbocycles. The fraction of sp³-hybridized carbons (Fsp3) is 0.636. The molecule has 0 bridgehead atoms. The van der Waals surface area contributed by atoms with E-state index in [4.69, 9.17) is 11.6 Å². The first-order valence-corrected chi connectivity index (χ1v) is 5.98.